The van der Waals surface area contributed by atoms with Crippen molar-refractivity contribution >= 4 is 9.84 Å². The Bertz CT molecular complexity index is 301. The molecule has 0 aromatic heterocycles. The summed E-state index contributed by atoms with van der Waals surface area (Å²) in [6.07, 6.45) is 2.33. The standard InChI is InChI=1S/C9H17NO3S/c11-9-2-1-4-10(6-9)8-3-5-14(12,13)7-8/h8-9,11H,1-7H2. The number of likely N-dealkylation sites (tertiary alicyclic amines) is 1. The van der Waals surface area contributed by atoms with Crippen LogP contribution < -0.4 is 0 Å². The number of β-amino-alcohol motifs (C(OH)–C–C–N with tert-alkyl or cyclic N) is 1. The maximum Gasteiger partial charge on any atom is 0.151 e. The number of hydrogen-bond acceptors (Lipinski definition) is 4. The maximum atomic E-state index is 11.3. The van der Waals surface area contributed by atoms with Crippen LogP contribution in [0.5, 0.6) is 0 Å². The molecule has 2 unspecified atom stereocenters. The second kappa shape index (κ2) is 3.79. The number of nitrogens with zero attached hydrogens (tertiary/aromatic N) is 1. The molecule has 14 heavy (non-hydrogen) atoms. The minimum absolute atomic E-state index is 0.162. The van der Waals surface area contributed by atoms with Crippen LogP contribution in [-0.2, 0) is 9.84 Å². The molecule has 0 aromatic carbocycles. The number of piperidine rings is 1. The number of rotatable bonds is 1. The van der Waals surface area contributed by atoms with Crippen molar-refractivity contribution in [2.45, 2.75) is 31.4 Å². The third kappa shape index (κ3) is 2.27. The highest BCUT2D eigenvalue weighted by Crippen LogP contribution is 2.21. The van der Waals surface area contributed by atoms with Crippen molar-refractivity contribution in [3.63, 3.8) is 0 Å². The fourth-order valence-corrected chi connectivity index (χ4v) is 4.14. The molecule has 2 rings (SSSR count). The zero-order valence-corrected chi connectivity index (χ0v) is 9.04. The average Bonchev–Trinajstić information content (AvgIpc) is 2.46. The van der Waals surface area contributed by atoms with Crippen LogP contribution in [0.4, 0.5) is 0 Å². The van der Waals surface area contributed by atoms with Crippen molar-refractivity contribution in [2.75, 3.05) is 24.6 Å². The Morgan fingerprint density at radius 3 is 2.64 bits per heavy atom. The Labute approximate surface area is 84.8 Å². The Kier molecular flexibility index (Phi) is 2.81. The van der Waals surface area contributed by atoms with Crippen molar-refractivity contribution in [1.29, 1.82) is 0 Å². The highest BCUT2D eigenvalue weighted by atomic mass is 32.2. The molecule has 2 saturated heterocycles. The average molecular weight is 219 g/mol. The first-order valence-electron chi connectivity index (χ1n) is 5.19. The fourth-order valence-electron chi connectivity index (χ4n) is 2.38. The van der Waals surface area contributed by atoms with Gasteiger partial charge in [-0.05, 0) is 25.8 Å². The molecule has 0 saturated carbocycles. The van der Waals surface area contributed by atoms with Crippen molar-refractivity contribution in [3.05, 3.63) is 0 Å². The quantitative estimate of drug-likeness (QED) is 0.654. The van der Waals surface area contributed by atoms with E-state index < -0.39 is 9.84 Å². The molecule has 2 heterocycles. The van der Waals surface area contributed by atoms with Crippen molar-refractivity contribution in [2.24, 2.45) is 0 Å². The second-order valence-corrected chi connectivity index (χ2v) is 6.58. The fraction of sp³-hybridized carbons (Fsp3) is 1.00. The summed E-state index contributed by atoms with van der Waals surface area (Å²) < 4.78 is 22.6. The maximum absolute atomic E-state index is 11.3. The topological polar surface area (TPSA) is 57.6 Å². The Morgan fingerprint density at radius 1 is 1.29 bits per heavy atom. The van der Waals surface area contributed by atoms with Gasteiger partial charge in [0.1, 0.15) is 0 Å². The first-order valence-corrected chi connectivity index (χ1v) is 7.01. The van der Waals surface area contributed by atoms with E-state index in [1.807, 2.05) is 0 Å². The zero-order chi connectivity index (χ0) is 10.2. The largest absolute Gasteiger partial charge is 0.392 e. The third-order valence-corrected chi connectivity index (χ3v) is 4.90. The van der Waals surface area contributed by atoms with Gasteiger partial charge < -0.3 is 5.11 Å². The Balaban J connectivity index is 1.96. The molecular weight excluding hydrogens is 202 g/mol. The summed E-state index contributed by atoms with van der Waals surface area (Å²) in [5, 5.41) is 9.48. The highest BCUT2D eigenvalue weighted by Gasteiger charge is 2.33. The van der Waals surface area contributed by atoms with Gasteiger partial charge in [0.15, 0.2) is 9.84 Å². The van der Waals surface area contributed by atoms with Gasteiger partial charge in [0, 0.05) is 12.6 Å². The van der Waals surface area contributed by atoms with Gasteiger partial charge in [0.05, 0.1) is 17.6 Å². The number of sulfone groups is 1. The van der Waals surface area contributed by atoms with Gasteiger partial charge in [-0.1, -0.05) is 0 Å². The third-order valence-electron chi connectivity index (χ3n) is 3.15. The predicted octanol–water partition coefficient (Wildman–Crippen LogP) is -0.370. The molecule has 1 N–H and O–H groups in total. The molecule has 2 aliphatic heterocycles. The van der Waals surface area contributed by atoms with Gasteiger partial charge in [0.2, 0.25) is 0 Å². The van der Waals surface area contributed by atoms with Crippen molar-refractivity contribution in [1.82, 2.24) is 4.90 Å². The highest BCUT2D eigenvalue weighted by molar-refractivity contribution is 7.91. The first kappa shape index (κ1) is 10.4. The zero-order valence-electron chi connectivity index (χ0n) is 8.22. The molecule has 4 nitrogen and oxygen atoms in total. The summed E-state index contributed by atoms with van der Waals surface area (Å²) in [6.45, 7) is 1.59. The molecule has 0 radical (unpaired) electrons. The lowest BCUT2D eigenvalue weighted by atomic mass is 10.1. The summed E-state index contributed by atoms with van der Waals surface area (Å²) in [7, 11) is -2.79. The van der Waals surface area contributed by atoms with Crippen LogP contribution in [0, 0.1) is 0 Å². The second-order valence-electron chi connectivity index (χ2n) is 4.35. The Morgan fingerprint density at radius 2 is 2.07 bits per heavy atom. The van der Waals surface area contributed by atoms with Gasteiger partial charge in [0.25, 0.3) is 0 Å². The van der Waals surface area contributed by atoms with E-state index in [4.69, 9.17) is 0 Å². The molecular formula is C9H17NO3S. The summed E-state index contributed by atoms with van der Waals surface area (Å²) in [4.78, 5) is 2.14. The van der Waals surface area contributed by atoms with Crippen LogP contribution in [0.1, 0.15) is 19.3 Å². The van der Waals surface area contributed by atoms with E-state index >= 15 is 0 Å². The lowest BCUT2D eigenvalue weighted by molar-refractivity contribution is 0.0522. The minimum Gasteiger partial charge on any atom is -0.392 e. The van der Waals surface area contributed by atoms with Crippen LogP contribution in [-0.4, -0.2) is 55.2 Å². The first-order chi connectivity index (χ1) is 6.57. The van der Waals surface area contributed by atoms with E-state index in [1.54, 1.807) is 0 Å². The molecule has 82 valence electrons. The number of hydrogen-bond donors (Lipinski definition) is 1. The SMILES string of the molecule is O=S1(=O)CCC(N2CCCC(O)C2)C1. The number of aliphatic hydroxyl groups is 1. The molecule has 0 bridgehead atoms. The van der Waals surface area contributed by atoms with E-state index in [0.717, 1.165) is 25.8 Å². The smallest absolute Gasteiger partial charge is 0.151 e. The number of aliphatic hydroxyl groups excluding tert-OH is 1. The van der Waals surface area contributed by atoms with Crippen LogP contribution in [0.25, 0.3) is 0 Å². The van der Waals surface area contributed by atoms with Gasteiger partial charge in [-0.2, -0.15) is 0 Å². The summed E-state index contributed by atoms with van der Waals surface area (Å²) in [6, 6.07) is 0.162. The minimum atomic E-state index is -2.79. The van der Waals surface area contributed by atoms with E-state index in [1.165, 1.54) is 0 Å². The van der Waals surface area contributed by atoms with Gasteiger partial charge in [-0.3, -0.25) is 4.90 Å². The van der Waals surface area contributed by atoms with Crippen molar-refractivity contribution < 1.29 is 13.5 Å². The summed E-state index contributed by atoms with van der Waals surface area (Å²) in [5.74, 6) is 0.615. The van der Waals surface area contributed by atoms with E-state index in [9.17, 15) is 13.5 Å². The summed E-state index contributed by atoms with van der Waals surface area (Å²) >= 11 is 0. The normalized spacial score (nSPS) is 38.6. The molecule has 0 amide bonds. The van der Waals surface area contributed by atoms with Gasteiger partial charge in [-0.25, -0.2) is 8.42 Å². The lowest BCUT2D eigenvalue weighted by Gasteiger charge is -2.34. The van der Waals surface area contributed by atoms with Crippen LogP contribution in [0.15, 0.2) is 0 Å². The van der Waals surface area contributed by atoms with Gasteiger partial charge in [-0.15, -0.1) is 0 Å². The van der Waals surface area contributed by atoms with Crippen LogP contribution in [0.2, 0.25) is 0 Å². The molecule has 2 fully saturated rings. The van der Waals surface area contributed by atoms with Crippen LogP contribution >= 0.6 is 0 Å². The van der Waals surface area contributed by atoms with E-state index in [0.29, 0.717) is 18.1 Å². The Hall–Kier alpha value is -0.130. The summed E-state index contributed by atoms with van der Waals surface area (Å²) in [5.41, 5.74) is 0. The lowest BCUT2D eigenvalue weighted by Crippen LogP contribution is -2.45. The molecule has 5 heteroatoms. The molecule has 2 atom stereocenters. The van der Waals surface area contributed by atoms with Gasteiger partial charge >= 0.3 is 0 Å². The van der Waals surface area contributed by atoms with Crippen LogP contribution in [0.3, 0.4) is 0 Å². The molecule has 2 aliphatic rings. The monoisotopic (exact) mass is 219 g/mol. The van der Waals surface area contributed by atoms with E-state index in [2.05, 4.69) is 4.90 Å². The molecule has 0 aliphatic carbocycles. The molecule has 0 aromatic rings. The predicted molar refractivity (Wildman–Crippen MR) is 53.9 cm³/mol. The molecule has 0 spiro atoms. The van der Waals surface area contributed by atoms with Crippen molar-refractivity contribution in [3.8, 4) is 0 Å². The van der Waals surface area contributed by atoms with E-state index in [-0.39, 0.29) is 12.1 Å².